The van der Waals surface area contributed by atoms with Crippen molar-refractivity contribution in [2.45, 2.75) is 6.54 Å². The van der Waals surface area contributed by atoms with E-state index >= 15 is 0 Å². The molecule has 2 aromatic carbocycles. The van der Waals surface area contributed by atoms with Gasteiger partial charge in [0.25, 0.3) is 0 Å². The second-order valence-electron chi connectivity index (χ2n) is 5.80. The first kappa shape index (κ1) is 16.8. The molecule has 1 aliphatic heterocycles. The molecular formula is C18H19F2N3S. The van der Waals surface area contributed by atoms with Crippen molar-refractivity contribution in [2.75, 3.05) is 31.5 Å². The Morgan fingerprint density at radius 1 is 1.00 bits per heavy atom. The van der Waals surface area contributed by atoms with E-state index in [1.165, 1.54) is 17.7 Å². The molecule has 24 heavy (non-hydrogen) atoms. The third-order valence-corrected chi connectivity index (χ3v) is 4.44. The average molecular weight is 347 g/mol. The van der Waals surface area contributed by atoms with Crippen molar-refractivity contribution >= 4 is 23.0 Å². The van der Waals surface area contributed by atoms with Gasteiger partial charge in [-0.3, -0.25) is 4.90 Å². The van der Waals surface area contributed by atoms with E-state index in [4.69, 9.17) is 12.2 Å². The highest BCUT2D eigenvalue weighted by Crippen LogP contribution is 2.16. The molecule has 126 valence electrons. The molecular weight excluding hydrogens is 328 g/mol. The maximum atomic E-state index is 13.7. The van der Waals surface area contributed by atoms with Crippen molar-refractivity contribution in [1.82, 2.24) is 9.80 Å². The SMILES string of the molecule is Fc1ccc(NC(=S)N2CCN(Cc3ccccc3)CC2)c(F)c1. The van der Waals surface area contributed by atoms with Crippen LogP contribution in [0.3, 0.4) is 0 Å². The van der Waals surface area contributed by atoms with Crippen LogP contribution < -0.4 is 5.32 Å². The lowest BCUT2D eigenvalue weighted by Crippen LogP contribution is -2.49. The molecule has 0 bridgehead atoms. The highest BCUT2D eigenvalue weighted by atomic mass is 32.1. The quantitative estimate of drug-likeness (QED) is 0.857. The van der Waals surface area contributed by atoms with Crippen LogP contribution in [0, 0.1) is 11.6 Å². The summed E-state index contributed by atoms with van der Waals surface area (Å²) >= 11 is 5.35. The van der Waals surface area contributed by atoms with Gasteiger partial charge in [0.2, 0.25) is 0 Å². The summed E-state index contributed by atoms with van der Waals surface area (Å²) in [6.07, 6.45) is 0. The monoisotopic (exact) mass is 347 g/mol. The number of thiocarbonyl (C=S) groups is 1. The predicted molar refractivity (Wildman–Crippen MR) is 95.9 cm³/mol. The lowest BCUT2D eigenvalue weighted by molar-refractivity contribution is 0.177. The summed E-state index contributed by atoms with van der Waals surface area (Å²) in [5, 5.41) is 3.34. The lowest BCUT2D eigenvalue weighted by atomic mass is 10.2. The number of anilines is 1. The summed E-state index contributed by atoms with van der Waals surface area (Å²) in [5.74, 6) is -1.24. The van der Waals surface area contributed by atoms with Crippen LogP contribution in [0.25, 0.3) is 0 Å². The van der Waals surface area contributed by atoms with Crippen molar-refractivity contribution in [2.24, 2.45) is 0 Å². The molecule has 0 aromatic heterocycles. The molecule has 3 nitrogen and oxygen atoms in total. The van der Waals surface area contributed by atoms with Crippen molar-refractivity contribution in [3.05, 3.63) is 65.7 Å². The van der Waals surface area contributed by atoms with Crippen LogP contribution >= 0.6 is 12.2 Å². The first-order valence-corrected chi connectivity index (χ1v) is 8.30. The van der Waals surface area contributed by atoms with Gasteiger partial charge in [-0.1, -0.05) is 30.3 Å². The van der Waals surface area contributed by atoms with Crippen LogP contribution in [-0.2, 0) is 6.54 Å². The predicted octanol–water partition coefficient (Wildman–Crippen LogP) is 3.48. The molecule has 1 heterocycles. The third kappa shape index (κ3) is 4.27. The van der Waals surface area contributed by atoms with E-state index in [0.29, 0.717) is 5.11 Å². The average Bonchev–Trinajstić information content (AvgIpc) is 2.59. The molecule has 0 amide bonds. The van der Waals surface area contributed by atoms with Crippen LogP contribution in [0.4, 0.5) is 14.5 Å². The van der Waals surface area contributed by atoms with Crippen molar-refractivity contribution in [1.29, 1.82) is 0 Å². The minimum absolute atomic E-state index is 0.202. The number of piperazine rings is 1. The van der Waals surface area contributed by atoms with Gasteiger partial charge in [-0.25, -0.2) is 8.78 Å². The number of rotatable bonds is 3. The highest BCUT2D eigenvalue weighted by Gasteiger charge is 2.19. The fourth-order valence-electron chi connectivity index (χ4n) is 2.74. The number of nitrogens with zero attached hydrogens (tertiary/aromatic N) is 2. The number of hydrogen-bond acceptors (Lipinski definition) is 2. The van der Waals surface area contributed by atoms with Crippen molar-refractivity contribution < 1.29 is 8.78 Å². The molecule has 0 atom stereocenters. The molecule has 0 unspecified atom stereocenters. The zero-order valence-corrected chi connectivity index (χ0v) is 14.0. The lowest BCUT2D eigenvalue weighted by Gasteiger charge is -2.36. The summed E-state index contributed by atoms with van der Waals surface area (Å²) < 4.78 is 26.6. The topological polar surface area (TPSA) is 18.5 Å². The Labute approximate surface area is 145 Å². The van der Waals surface area contributed by atoms with Crippen LogP contribution in [0.5, 0.6) is 0 Å². The smallest absolute Gasteiger partial charge is 0.173 e. The molecule has 3 rings (SSSR count). The molecule has 6 heteroatoms. The van der Waals surface area contributed by atoms with E-state index in [-0.39, 0.29) is 5.69 Å². The van der Waals surface area contributed by atoms with E-state index < -0.39 is 11.6 Å². The van der Waals surface area contributed by atoms with E-state index in [9.17, 15) is 8.78 Å². The Morgan fingerprint density at radius 3 is 2.38 bits per heavy atom. The van der Waals surface area contributed by atoms with Crippen LogP contribution in [0.1, 0.15) is 5.56 Å². The van der Waals surface area contributed by atoms with Crippen molar-refractivity contribution in [3.63, 3.8) is 0 Å². The van der Waals surface area contributed by atoms with Crippen LogP contribution in [0.2, 0.25) is 0 Å². The molecule has 1 fully saturated rings. The summed E-state index contributed by atoms with van der Waals surface area (Å²) in [7, 11) is 0. The molecule has 0 spiro atoms. The van der Waals surface area contributed by atoms with Gasteiger partial charge in [0.15, 0.2) is 5.11 Å². The first-order chi connectivity index (χ1) is 11.6. The van der Waals surface area contributed by atoms with E-state index in [1.54, 1.807) is 0 Å². The number of benzene rings is 2. The van der Waals surface area contributed by atoms with Gasteiger partial charge in [0, 0.05) is 38.8 Å². The third-order valence-electron chi connectivity index (χ3n) is 4.08. The molecule has 1 aliphatic rings. The molecule has 1 saturated heterocycles. The summed E-state index contributed by atoms with van der Waals surface area (Å²) in [4.78, 5) is 4.38. The Balaban J connectivity index is 1.51. The van der Waals surface area contributed by atoms with Gasteiger partial charge < -0.3 is 10.2 Å². The maximum Gasteiger partial charge on any atom is 0.173 e. The minimum atomic E-state index is -0.639. The summed E-state index contributed by atoms with van der Waals surface area (Å²) in [6.45, 7) is 4.26. The van der Waals surface area contributed by atoms with Gasteiger partial charge in [0.05, 0.1) is 5.69 Å². The van der Waals surface area contributed by atoms with E-state index in [0.717, 1.165) is 38.8 Å². The number of nitrogens with one attached hydrogen (secondary N) is 1. The summed E-state index contributed by atoms with van der Waals surface area (Å²) in [5.41, 5.74) is 1.49. The van der Waals surface area contributed by atoms with Gasteiger partial charge >= 0.3 is 0 Å². The molecule has 2 aromatic rings. The second-order valence-corrected chi connectivity index (χ2v) is 6.19. The molecule has 0 saturated carbocycles. The van der Waals surface area contributed by atoms with Gasteiger partial charge in [-0.05, 0) is 29.9 Å². The number of halogens is 2. The first-order valence-electron chi connectivity index (χ1n) is 7.89. The Bertz CT molecular complexity index is 701. The second kappa shape index (κ2) is 7.68. The van der Waals surface area contributed by atoms with Gasteiger partial charge in [-0.15, -0.1) is 0 Å². The Morgan fingerprint density at radius 2 is 1.71 bits per heavy atom. The zero-order chi connectivity index (χ0) is 16.9. The normalized spacial score (nSPS) is 15.3. The van der Waals surface area contributed by atoms with E-state index in [2.05, 4.69) is 22.3 Å². The fraction of sp³-hybridized carbons (Fsp3) is 0.278. The zero-order valence-electron chi connectivity index (χ0n) is 13.2. The Hall–Kier alpha value is -2.05. The highest BCUT2D eigenvalue weighted by molar-refractivity contribution is 7.80. The molecule has 1 N–H and O–H groups in total. The van der Waals surface area contributed by atoms with Crippen LogP contribution in [0.15, 0.2) is 48.5 Å². The minimum Gasteiger partial charge on any atom is -0.346 e. The fourth-order valence-corrected chi connectivity index (χ4v) is 3.03. The molecule has 0 radical (unpaired) electrons. The standard InChI is InChI=1S/C18H19F2N3S/c19-15-6-7-17(16(20)12-15)21-18(24)23-10-8-22(9-11-23)13-14-4-2-1-3-5-14/h1-7,12H,8-11,13H2,(H,21,24). The largest absolute Gasteiger partial charge is 0.346 e. The number of hydrogen-bond donors (Lipinski definition) is 1. The van der Waals surface area contributed by atoms with E-state index in [1.807, 2.05) is 23.1 Å². The van der Waals surface area contributed by atoms with Gasteiger partial charge in [-0.2, -0.15) is 0 Å². The van der Waals surface area contributed by atoms with Crippen LogP contribution in [-0.4, -0.2) is 41.1 Å². The summed E-state index contributed by atoms with van der Waals surface area (Å²) in [6, 6.07) is 13.8. The molecule has 0 aliphatic carbocycles. The van der Waals surface area contributed by atoms with Gasteiger partial charge in [0.1, 0.15) is 11.6 Å². The Kier molecular flexibility index (Phi) is 5.37. The van der Waals surface area contributed by atoms with Crippen molar-refractivity contribution in [3.8, 4) is 0 Å². The maximum absolute atomic E-state index is 13.7.